The number of cyclic esters (lactones) is 2. The van der Waals surface area contributed by atoms with Crippen LogP contribution in [-0.4, -0.2) is 85.7 Å². The molecule has 12 nitrogen and oxygen atoms in total. The summed E-state index contributed by atoms with van der Waals surface area (Å²) in [5.41, 5.74) is 0.358. The Labute approximate surface area is 271 Å². The molecule has 0 spiro atoms. The van der Waals surface area contributed by atoms with Crippen LogP contribution in [0.5, 0.6) is 0 Å². The van der Waals surface area contributed by atoms with Gasteiger partial charge in [-0.15, -0.1) is 0 Å². The van der Waals surface area contributed by atoms with E-state index in [4.69, 9.17) is 9.84 Å². The Balaban J connectivity index is 2.48. The normalized spacial score (nSPS) is 19.8. The Bertz CT molecular complexity index is 1130. The van der Waals surface area contributed by atoms with Crippen LogP contribution in [0, 0.1) is 23.7 Å². The van der Waals surface area contributed by atoms with Crippen LogP contribution in [0.3, 0.4) is 0 Å². The maximum atomic E-state index is 12.9. The van der Waals surface area contributed by atoms with Crippen LogP contribution in [0.4, 0.5) is 0 Å². The third kappa shape index (κ3) is 13.4. The molecular weight excluding hydrogens is 600 g/mol. The highest BCUT2D eigenvalue weighted by atomic mass is 16.6. The lowest BCUT2D eigenvalue weighted by molar-refractivity contribution is -0.154. The van der Waals surface area contributed by atoms with Gasteiger partial charge in [0.2, 0.25) is 0 Å². The lowest BCUT2D eigenvalue weighted by Gasteiger charge is -2.27. The summed E-state index contributed by atoms with van der Waals surface area (Å²) in [5.74, 6) is -4.81. The van der Waals surface area contributed by atoms with Crippen LogP contribution in [0.1, 0.15) is 106 Å². The number of ketones is 1. The van der Waals surface area contributed by atoms with Crippen LogP contribution in [-0.2, 0) is 33.4 Å². The molecule has 0 saturated carbocycles. The molecule has 1 aliphatic rings. The van der Waals surface area contributed by atoms with Gasteiger partial charge in [0.05, 0.1) is 42.8 Å². The fourth-order valence-electron chi connectivity index (χ4n) is 5.59. The van der Waals surface area contributed by atoms with Crippen molar-refractivity contribution in [1.82, 2.24) is 0 Å². The van der Waals surface area contributed by atoms with E-state index in [2.05, 4.69) is 18.6 Å². The second-order valence-corrected chi connectivity index (χ2v) is 12.9. The van der Waals surface area contributed by atoms with Crippen LogP contribution in [0.15, 0.2) is 22.8 Å². The number of hydrogen-bond acceptors (Lipinski definition) is 11. The predicted molar refractivity (Wildman–Crippen MR) is 168 cm³/mol. The minimum atomic E-state index is -1.59. The molecule has 0 bridgehead atoms. The first-order valence-corrected chi connectivity index (χ1v) is 16.2. The first-order valence-electron chi connectivity index (χ1n) is 16.2. The number of carboxylic acids is 1. The molecule has 0 aliphatic carbocycles. The monoisotopic (exact) mass is 654 g/mol. The number of allylic oxidation sites excluding steroid dienone is 1. The van der Waals surface area contributed by atoms with Gasteiger partial charge in [0, 0.05) is 23.8 Å². The van der Waals surface area contributed by atoms with Crippen LogP contribution < -0.4 is 0 Å². The number of Topliss-reactive ketones (excluding diaryl/α,β-unsaturated/α-hetero) is 1. The molecule has 9 atom stereocenters. The van der Waals surface area contributed by atoms with Crippen molar-refractivity contribution in [2.24, 2.45) is 23.7 Å². The number of rotatable bonds is 22. The zero-order chi connectivity index (χ0) is 35.3. The molecule has 0 aromatic heterocycles. The van der Waals surface area contributed by atoms with E-state index in [0.29, 0.717) is 31.1 Å². The summed E-state index contributed by atoms with van der Waals surface area (Å²) in [6, 6.07) is 0. The van der Waals surface area contributed by atoms with Crippen molar-refractivity contribution in [3.8, 4) is 0 Å². The van der Waals surface area contributed by atoms with Crippen LogP contribution in [0.2, 0.25) is 0 Å². The SMILES string of the molecule is CCC(=CCC[C@H](C)C[C@@H](C)CC[C@H](O)[C@H](C)C(=O)C[C@@H](O)[C@H](C)[C@@H](C)OC(=O)C[C@@H](O)C1=C(C)C(=O)OC1=O)C(O)CC(=O)O. The number of aliphatic carboxylic acids is 1. The maximum Gasteiger partial charge on any atom is 0.345 e. The summed E-state index contributed by atoms with van der Waals surface area (Å²) in [6.45, 7) is 12.2. The number of carbonyl (C=O) groups excluding carboxylic acids is 4. The number of carbonyl (C=O) groups is 5. The number of aliphatic hydroxyl groups is 4. The fraction of sp³-hybridized carbons (Fsp3) is 0.735. The van der Waals surface area contributed by atoms with Gasteiger partial charge in [-0.2, -0.15) is 0 Å². The maximum absolute atomic E-state index is 12.9. The largest absolute Gasteiger partial charge is 0.481 e. The Morgan fingerprint density at radius 3 is 2.00 bits per heavy atom. The Morgan fingerprint density at radius 2 is 1.46 bits per heavy atom. The number of ether oxygens (including phenoxy) is 2. The molecule has 1 heterocycles. The highest BCUT2D eigenvalue weighted by molar-refractivity contribution is 6.12. The number of carboxylic acid groups (broad SMARTS) is 1. The predicted octanol–water partition coefficient (Wildman–Crippen LogP) is 3.42. The molecular formula is C34H54O12. The van der Waals surface area contributed by atoms with E-state index < -0.39 is 72.7 Å². The van der Waals surface area contributed by atoms with E-state index in [1.54, 1.807) is 13.8 Å². The van der Waals surface area contributed by atoms with Crippen LogP contribution in [0.25, 0.3) is 0 Å². The molecule has 5 N–H and O–H groups in total. The van der Waals surface area contributed by atoms with E-state index in [0.717, 1.165) is 24.8 Å². The van der Waals surface area contributed by atoms with E-state index in [-0.39, 0.29) is 29.8 Å². The standard InChI is InChI=1S/C34H54O12/c1-8-24(28(38)16-30(40)41)11-9-10-18(2)14-19(3)12-13-25(35)21(5)27(37)15-26(36)20(4)23(7)45-31(42)17-29(39)32-22(6)33(43)46-34(32)44/h11,18-21,23,25-26,28-29,35-36,38-39H,8-10,12-17H2,1-7H3,(H,40,41)/t18-,19-,20+,21-,23+,25-,26+,28?,29+/m0/s1. The fourth-order valence-corrected chi connectivity index (χ4v) is 5.59. The van der Waals surface area contributed by atoms with E-state index in [1.807, 2.05) is 13.0 Å². The van der Waals surface area contributed by atoms with Gasteiger partial charge in [-0.25, -0.2) is 9.59 Å². The number of esters is 3. The highest BCUT2D eigenvalue weighted by Crippen LogP contribution is 2.26. The first-order chi connectivity index (χ1) is 21.4. The van der Waals surface area contributed by atoms with Crippen molar-refractivity contribution < 1.29 is 59.0 Å². The smallest absolute Gasteiger partial charge is 0.345 e. The highest BCUT2D eigenvalue weighted by Gasteiger charge is 2.36. The molecule has 1 rings (SSSR count). The molecule has 1 unspecified atom stereocenters. The van der Waals surface area contributed by atoms with Crippen molar-refractivity contribution in [2.45, 2.75) is 137 Å². The molecule has 0 aromatic rings. The van der Waals surface area contributed by atoms with Crippen LogP contribution >= 0.6 is 0 Å². The quantitative estimate of drug-likeness (QED) is 0.0647. The molecule has 12 heteroatoms. The third-order valence-electron chi connectivity index (χ3n) is 9.00. The van der Waals surface area contributed by atoms with Gasteiger partial charge in [0.15, 0.2) is 0 Å². The molecule has 1 aliphatic heterocycles. The van der Waals surface area contributed by atoms with Crippen molar-refractivity contribution in [3.05, 3.63) is 22.8 Å². The van der Waals surface area contributed by atoms with E-state index in [1.165, 1.54) is 13.8 Å². The third-order valence-corrected chi connectivity index (χ3v) is 9.00. The van der Waals surface area contributed by atoms with Crippen molar-refractivity contribution >= 4 is 29.7 Å². The van der Waals surface area contributed by atoms with Gasteiger partial charge < -0.3 is 35.0 Å². The zero-order valence-corrected chi connectivity index (χ0v) is 28.2. The van der Waals surface area contributed by atoms with Gasteiger partial charge in [0.25, 0.3) is 0 Å². The Morgan fingerprint density at radius 1 is 0.848 bits per heavy atom. The van der Waals surface area contributed by atoms with E-state index >= 15 is 0 Å². The molecule has 0 aromatic carbocycles. The van der Waals surface area contributed by atoms with Gasteiger partial charge in [-0.05, 0) is 69.8 Å². The van der Waals surface area contributed by atoms with Gasteiger partial charge in [-0.3, -0.25) is 14.4 Å². The summed E-state index contributed by atoms with van der Waals surface area (Å²) in [6.07, 6.45) is -0.433. The van der Waals surface area contributed by atoms with Gasteiger partial charge in [0.1, 0.15) is 11.9 Å². The second-order valence-electron chi connectivity index (χ2n) is 12.9. The average molecular weight is 655 g/mol. The van der Waals surface area contributed by atoms with Gasteiger partial charge >= 0.3 is 23.9 Å². The van der Waals surface area contributed by atoms with Crippen molar-refractivity contribution in [3.63, 3.8) is 0 Å². The summed E-state index contributed by atoms with van der Waals surface area (Å²) in [7, 11) is 0. The number of hydrogen-bond donors (Lipinski definition) is 5. The topological polar surface area (TPSA) is 205 Å². The second kappa shape index (κ2) is 19.7. The lowest BCUT2D eigenvalue weighted by atomic mass is 9.85. The molecule has 0 saturated heterocycles. The summed E-state index contributed by atoms with van der Waals surface area (Å²) < 4.78 is 9.72. The molecule has 46 heavy (non-hydrogen) atoms. The minimum Gasteiger partial charge on any atom is -0.481 e. The molecule has 0 fully saturated rings. The molecule has 0 amide bonds. The molecule has 262 valence electrons. The minimum absolute atomic E-state index is 0.0791. The summed E-state index contributed by atoms with van der Waals surface area (Å²) >= 11 is 0. The van der Waals surface area contributed by atoms with E-state index in [9.17, 15) is 44.4 Å². The van der Waals surface area contributed by atoms with Crippen molar-refractivity contribution in [2.75, 3.05) is 0 Å². The Kier molecular flexibility index (Phi) is 17.6. The van der Waals surface area contributed by atoms with Crippen molar-refractivity contribution in [1.29, 1.82) is 0 Å². The summed E-state index contributed by atoms with van der Waals surface area (Å²) in [4.78, 5) is 59.3. The summed E-state index contributed by atoms with van der Waals surface area (Å²) in [5, 5.41) is 50.5. The Hall–Kier alpha value is -2.93. The first kappa shape index (κ1) is 41.1. The average Bonchev–Trinajstić information content (AvgIpc) is 3.22. The zero-order valence-electron chi connectivity index (χ0n) is 28.2. The van der Waals surface area contributed by atoms with Gasteiger partial charge in [-0.1, -0.05) is 40.7 Å². The number of aliphatic hydroxyl groups excluding tert-OH is 4. The lowest BCUT2D eigenvalue weighted by Crippen LogP contribution is -2.36. The molecule has 0 radical (unpaired) electrons.